The number of likely N-dealkylation sites (tertiary alicyclic amines) is 1. The number of rotatable bonds is 1. The molecule has 0 aliphatic carbocycles. The Bertz CT molecular complexity index is 194. The molecule has 3 atom stereocenters. The molecule has 1 saturated heterocycles. The van der Waals surface area contributed by atoms with Crippen molar-refractivity contribution in [2.24, 2.45) is 11.7 Å². The van der Waals surface area contributed by atoms with E-state index in [2.05, 4.69) is 0 Å². The first-order chi connectivity index (χ1) is 6.02. The minimum absolute atomic E-state index is 0.0639. The number of nitrogens with two attached hydrogens (primary N) is 1. The third-order valence-electron chi connectivity index (χ3n) is 2.62. The second kappa shape index (κ2) is 4.07. The Balaban J connectivity index is 2.50. The maximum absolute atomic E-state index is 11.4. The fourth-order valence-electron chi connectivity index (χ4n) is 1.54. The molecule has 4 heteroatoms. The minimum atomic E-state index is -0.458. The van der Waals surface area contributed by atoms with Crippen LogP contribution in [0.5, 0.6) is 0 Å². The number of amides is 1. The molecule has 1 fully saturated rings. The van der Waals surface area contributed by atoms with Crippen LogP contribution in [0, 0.1) is 5.92 Å². The zero-order valence-electron chi connectivity index (χ0n) is 8.23. The van der Waals surface area contributed by atoms with Crippen LogP contribution in [0.25, 0.3) is 0 Å². The average molecular weight is 186 g/mol. The number of hydrogen-bond acceptors (Lipinski definition) is 3. The van der Waals surface area contributed by atoms with E-state index in [0.717, 1.165) is 13.0 Å². The molecule has 0 aromatic rings. The third kappa shape index (κ3) is 2.42. The second-order valence-corrected chi connectivity index (χ2v) is 3.91. The zero-order chi connectivity index (χ0) is 10.0. The molecule has 1 rings (SSSR count). The van der Waals surface area contributed by atoms with Crippen molar-refractivity contribution in [2.75, 3.05) is 13.1 Å². The molecule has 0 bridgehead atoms. The molecule has 3 N–H and O–H groups in total. The summed E-state index contributed by atoms with van der Waals surface area (Å²) >= 11 is 0. The predicted molar refractivity (Wildman–Crippen MR) is 50.0 cm³/mol. The Labute approximate surface area is 78.7 Å². The predicted octanol–water partition coefficient (Wildman–Crippen LogP) is -0.437. The van der Waals surface area contributed by atoms with Gasteiger partial charge < -0.3 is 15.7 Å². The number of carbonyl (C=O) groups is 1. The highest BCUT2D eigenvalue weighted by Gasteiger charge is 2.28. The van der Waals surface area contributed by atoms with Gasteiger partial charge in [-0.15, -0.1) is 0 Å². The van der Waals surface area contributed by atoms with E-state index in [9.17, 15) is 9.90 Å². The first-order valence-electron chi connectivity index (χ1n) is 4.74. The summed E-state index contributed by atoms with van der Waals surface area (Å²) in [7, 11) is 0. The first-order valence-corrected chi connectivity index (χ1v) is 4.74. The van der Waals surface area contributed by atoms with Gasteiger partial charge in [0.15, 0.2) is 0 Å². The molecule has 0 aromatic heterocycles. The highest BCUT2D eigenvalue weighted by atomic mass is 16.3. The monoisotopic (exact) mass is 186 g/mol. The minimum Gasteiger partial charge on any atom is -0.391 e. The summed E-state index contributed by atoms with van der Waals surface area (Å²) in [6.07, 6.45) is 0.469. The van der Waals surface area contributed by atoms with Gasteiger partial charge in [0.25, 0.3) is 0 Å². The molecule has 0 saturated carbocycles. The van der Waals surface area contributed by atoms with Gasteiger partial charge >= 0.3 is 0 Å². The van der Waals surface area contributed by atoms with Crippen LogP contribution in [-0.2, 0) is 4.79 Å². The average Bonchev–Trinajstić information content (AvgIpc) is 2.08. The Morgan fingerprint density at radius 2 is 2.31 bits per heavy atom. The van der Waals surface area contributed by atoms with Gasteiger partial charge in [-0.3, -0.25) is 4.79 Å². The van der Waals surface area contributed by atoms with Crippen LogP contribution in [0.1, 0.15) is 20.3 Å². The van der Waals surface area contributed by atoms with E-state index in [4.69, 9.17) is 5.73 Å². The number of hydrogen-bond donors (Lipinski definition) is 2. The van der Waals surface area contributed by atoms with E-state index in [0.29, 0.717) is 6.54 Å². The molecule has 13 heavy (non-hydrogen) atoms. The lowest BCUT2D eigenvalue weighted by molar-refractivity contribution is -0.136. The Morgan fingerprint density at radius 1 is 1.69 bits per heavy atom. The highest BCUT2D eigenvalue weighted by molar-refractivity contribution is 5.81. The van der Waals surface area contributed by atoms with Gasteiger partial charge in [0.2, 0.25) is 5.91 Å². The van der Waals surface area contributed by atoms with Crippen molar-refractivity contribution in [3.63, 3.8) is 0 Å². The number of aliphatic hydroxyl groups excluding tert-OH is 1. The van der Waals surface area contributed by atoms with Gasteiger partial charge in [-0.05, 0) is 19.3 Å². The molecule has 4 nitrogen and oxygen atoms in total. The summed E-state index contributed by atoms with van der Waals surface area (Å²) in [5.74, 6) is 0.225. The molecule has 3 unspecified atom stereocenters. The SMILES string of the molecule is CC(N)C(=O)N1CCC(C)C(O)C1. The van der Waals surface area contributed by atoms with Crippen molar-refractivity contribution in [3.8, 4) is 0 Å². The molecule has 76 valence electrons. The number of aliphatic hydroxyl groups is 1. The van der Waals surface area contributed by atoms with Crippen molar-refractivity contribution in [1.29, 1.82) is 0 Å². The highest BCUT2D eigenvalue weighted by Crippen LogP contribution is 2.17. The Morgan fingerprint density at radius 3 is 2.77 bits per heavy atom. The zero-order valence-corrected chi connectivity index (χ0v) is 8.23. The van der Waals surface area contributed by atoms with Gasteiger partial charge in [0.05, 0.1) is 12.1 Å². The fourth-order valence-corrected chi connectivity index (χ4v) is 1.54. The summed E-state index contributed by atoms with van der Waals surface area (Å²) in [6.45, 7) is 4.82. The largest absolute Gasteiger partial charge is 0.391 e. The van der Waals surface area contributed by atoms with Crippen molar-refractivity contribution in [3.05, 3.63) is 0 Å². The number of nitrogens with zero attached hydrogens (tertiary/aromatic N) is 1. The number of β-amino-alcohol motifs (C(OH)–C–C–N with tert-alkyl or cyclic N) is 1. The van der Waals surface area contributed by atoms with E-state index >= 15 is 0 Å². The smallest absolute Gasteiger partial charge is 0.239 e. The van der Waals surface area contributed by atoms with E-state index in [1.54, 1.807) is 11.8 Å². The van der Waals surface area contributed by atoms with Gasteiger partial charge in [0.1, 0.15) is 0 Å². The second-order valence-electron chi connectivity index (χ2n) is 3.91. The summed E-state index contributed by atoms with van der Waals surface area (Å²) in [5, 5.41) is 9.54. The van der Waals surface area contributed by atoms with E-state index in [-0.39, 0.29) is 11.8 Å². The molecule has 1 aliphatic heterocycles. The molecule has 1 heterocycles. The number of carbonyl (C=O) groups excluding carboxylic acids is 1. The van der Waals surface area contributed by atoms with Crippen molar-refractivity contribution in [2.45, 2.75) is 32.4 Å². The van der Waals surface area contributed by atoms with E-state index < -0.39 is 12.1 Å². The van der Waals surface area contributed by atoms with Crippen LogP contribution in [0.15, 0.2) is 0 Å². The van der Waals surface area contributed by atoms with E-state index in [1.165, 1.54) is 0 Å². The van der Waals surface area contributed by atoms with Gasteiger partial charge in [-0.25, -0.2) is 0 Å². The lowest BCUT2D eigenvalue weighted by atomic mass is 9.96. The Hall–Kier alpha value is -0.610. The first kappa shape index (κ1) is 10.5. The topological polar surface area (TPSA) is 66.6 Å². The molecule has 0 radical (unpaired) electrons. The van der Waals surface area contributed by atoms with Crippen LogP contribution < -0.4 is 5.73 Å². The summed E-state index contributed by atoms with van der Waals surface area (Å²) < 4.78 is 0. The quantitative estimate of drug-likeness (QED) is 0.583. The van der Waals surface area contributed by atoms with Crippen LogP contribution in [-0.4, -0.2) is 41.1 Å². The molecular weight excluding hydrogens is 168 g/mol. The van der Waals surface area contributed by atoms with Crippen LogP contribution >= 0.6 is 0 Å². The summed E-state index contributed by atoms with van der Waals surface area (Å²) in [4.78, 5) is 13.1. The van der Waals surface area contributed by atoms with Crippen LogP contribution in [0.3, 0.4) is 0 Å². The molecule has 1 amide bonds. The number of piperidine rings is 1. The lowest BCUT2D eigenvalue weighted by Crippen LogP contribution is -2.50. The maximum atomic E-state index is 11.4. The molecule has 1 aliphatic rings. The molecule has 0 spiro atoms. The Kier molecular flexibility index (Phi) is 3.27. The molecule has 0 aromatic carbocycles. The summed E-state index contributed by atoms with van der Waals surface area (Å²) in [6, 6.07) is -0.458. The van der Waals surface area contributed by atoms with Gasteiger partial charge in [-0.1, -0.05) is 6.92 Å². The summed E-state index contributed by atoms with van der Waals surface area (Å²) in [5.41, 5.74) is 5.47. The van der Waals surface area contributed by atoms with Gasteiger partial charge in [0, 0.05) is 13.1 Å². The van der Waals surface area contributed by atoms with Crippen molar-refractivity contribution in [1.82, 2.24) is 4.90 Å². The fraction of sp³-hybridized carbons (Fsp3) is 0.889. The normalized spacial score (nSPS) is 31.5. The van der Waals surface area contributed by atoms with Crippen molar-refractivity contribution >= 4 is 5.91 Å². The lowest BCUT2D eigenvalue weighted by Gasteiger charge is -2.35. The molecular formula is C9H18N2O2. The standard InChI is InChI=1S/C9H18N2O2/c1-6-3-4-11(5-8(6)12)9(13)7(2)10/h6-8,12H,3-5,10H2,1-2H3. The van der Waals surface area contributed by atoms with Crippen molar-refractivity contribution < 1.29 is 9.90 Å². The van der Waals surface area contributed by atoms with Gasteiger partial charge in [-0.2, -0.15) is 0 Å². The van der Waals surface area contributed by atoms with E-state index in [1.807, 2.05) is 6.92 Å². The van der Waals surface area contributed by atoms with Crippen LogP contribution in [0.2, 0.25) is 0 Å². The third-order valence-corrected chi connectivity index (χ3v) is 2.62. The maximum Gasteiger partial charge on any atom is 0.239 e. The van der Waals surface area contributed by atoms with Crippen LogP contribution in [0.4, 0.5) is 0 Å².